The molecule has 0 spiro atoms. The number of carbonyl (C=O) groups is 1. The number of unbranched alkanes of at least 4 members (excludes halogenated alkanes) is 1. The molecule has 0 saturated heterocycles. The zero-order valence-electron chi connectivity index (χ0n) is 18.1. The van der Waals surface area contributed by atoms with E-state index in [0.717, 1.165) is 18.2 Å². The van der Waals surface area contributed by atoms with Crippen molar-refractivity contribution < 1.29 is 23.2 Å². The van der Waals surface area contributed by atoms with E-state index >= 15 is 0 Å². The van der Waals surface area contributed by atoms with Gasteiger partial charge in [0.05, 0.1) is 17.9 Å². The molecule has 0 saturated carbocycles. The van der Waals surface area contributed by atoms with Crippen LogP contribution in [-0.2, 0) is 11.2 Å². The van der Waals surface area contributed by atoms with E-state index in [1.165, 1.54) is 25.3 Å². The van der Waals surface area contributed by atoms with Crippen molar-refractivity contribution in [2.75, 3.05) is 6.54 Å². The predicted molar refractivity (Wildman–Crippen MR) is 112 cm³/mol. The minimum Gasteiger partial charge on any atom is -0.308 e. The molecule has 3 N–H and O–H groups in total. The Bertz CT molecular complexity index is 837. The van der Waals surface area contributed by atoms with Crippen molar-refractivity contribution in [3.8, 4) is 0 Å². The van der Waals surface area contributed by atoms with E-state index in [2.05, 4.69) is 10.3 Å². The Morgan fingerprint density at radius 2 is 1.90 bits per heavy atom. The molecule has 0 aliphatic heterocycles. The molecule has 8 heteroatoms. The molecule has 170 valence electrons. The summed E-state index contributed by atoms with van der Waals surface area (Å²) in [5.41, 5.74) is 3.11. The Morgan fingerprint density at radius 3 is 2.48 bits per heavy atom. The summed E-state index contributed by atoms with van der Waals surface area (Å²) < 4.78 is 40.3. The Balaban J connectivity index is 1.89. The van der Waals surface area contributed by atoms with Crippen molar-refractivity contribution in [2.45, 2.75) is 52.5 Å². The van der Waals surface area contributed by atoms with Crippen molar-refractivity contribution >= 4 is 5.91 Å². The van der Waals surface area contributed by atoms with Gasteiger partial charge in [-0.3, -0.25) is 15.0 Å². The second-order valence-electron chi connectivity index (χ2n) is 8.16. The summed E-state index contributed by atoms with van der Waals surface area (Å²) >= 11 is 0. The second-order valence-corrected chi connectivity index (χ2v) is 8.16. The van der Waals surface area contributed by atoms with Gasteiger partial charge in [-0.25, -0.2) is 18.7 Å². The number of rotatable bonds is 11. The molecule has 0 radical (unpaired) electrons. The Kier molecular flexibility index (Phi) is 9.45. The van der Waals surface area contributed by atoms with Gasteiger partial charge in [0.15, 0.2) is 11.6 Å². The summed E-state index contributed by atoms with van der Waals surface area (Å²) in [5, 5.41) is 12.5. The summed E-state index contributed by atoms with van der Waals surface area (Å²) in [6.07, 6.45) is 3.33. The van der Waals surface area contributed by atoms with Gasteiger partial charge in [0.1, 0.15) is 5.82 Å². The van der Waals surface area contributed by atoms with Crippen LogP contribution in [0.1, 0.15) is 56.0 Å². The SMILES string of the molecule is Cc1cc(C[C@H](CCCCN[C@@H](c2ccc(F)cn2)C(C)C)C(=O)NO)cc(F)c1F. The van der Waals surface area contributed by atoms with Gasteiger partial charge in [0, 0.05) is 5.92 Å². The molecule has 0 aliphatic rings. The van der Waals surface area contributed by atoms with E-state index < -0.39 is 23.5 Å². The standard InChI is InChI=1S/C23H30F3N3O2/c1-14(2)22(20-8-7-18(24)13-28-20)27-9-5-4-6-17(23(30)29-31)11-16-10-15(3)21(26)19(25)12-16/h7-8,10,12-14,17,22,27,31H,4-6,9,11H2,1-3H3,(H,29,30)/t17-,22+/m0/s1. The first-order valence-electron chi connectivity index (χ1n) is 10.5. The highest BCUT2D eigenvalue weighted by Gasteiger charge is 2.20. The molecule has 5 nitrogen and oxygen atoms in total. The molecular formula is C23H30F3N3O2. The number of aryl methyl sites for hydroxylation is 1. The van der Waals surface area contributed by atoms with Crippen LogP contribution in [0.4, 0.5) is 13.2 Å². The van der Waals surface area contributed by atoms with E-state index in [9.17, 15) is 18.0 Å². The van der Waals surface area contributed by atoms with E-state index in [1.54, 1.807) is 11.5 Å². The number of nitrogens with one attached hydrogen (secondary N) is 2. The molecule has 31 heavy (non-hydrogen) atoms. The average molecular weight is 438 g/mol. The van der Waals surface area contributed by atoms with E-state index in [-0.39, 0.29) is 29.8 Å². The number of hydroxylamine groups is 1. The molecular weight excluding hydrogens is 407 g/mol. The number of benzene rings is 1. The minimum absolute atomic E-state index is 0.0256. The van der Waals surface area contributed by atoms with Gasteiger partial charge >= 0.3 is 0 Å². The highest BCUT2D eigenvalue weighted by atomic mass is 19.2. The lowest BCUT2D eigenvalue weighted by Gasteiger charge is -2.22. The molecule has 1 aromatic carbocycles. The van der Waals surface area contributed by atoms with Gasteiger partial charge in [0.2, 0.25) is 5.91 Å². The topological polar surface area (TPSA) is 74.2 Å². The molecule has 0 fully saturated rings. The number of pyridine rings is 1. The largest absolute Gasteiger partial charge is 0.308 e. The fraction of sp³-hybridized carbons (Fsp3) is 0.478. The predicted octanol–water partition coefficient (Wildman–Crippen LogP) is 4.63. The van der Waals surface area contributed by atoms with Crippen LogP contribution in [0.15, 0.2) is 30.5 Å². The smallest absolute Gasteiger partial charge is 0.246 e. The maximum absolute atomic E-state index is 13.7. The van der Waals surface area contributed by atoms with E-state index in [1.807, 2.05) is 13.8 Å². The Morgan fingerprint density at radius 1 is 1.16 bits per heavy atom. The van der Waals surface area contributed by atoms with Crippen LogP contribution in [0.25, 0.3) is 0 Å². The van der Waals surface area contributed by atoms with Crippen LogP contribution >= 0.6 is 0 Å². The molecule has 0 bridgehead atoms. The van der Waals surface area contributed by atoms with Crippen LogP contribution < -0.4 is 10.8 Å². The highest BCUT2D eigenvalue weighted by molar-refractivity contribution is 5.77. The average Bonchev–Trinajstić information content (AvgIpc) is 2.73. The van der Waals surface area contributed by atoms with Crippen molar-refractivity contribution in [1.82, 2.24) is 15.8 Å². The fourth-order valence-electron chi connectivity index (χ4n) is 3.64. The summed E-state index contributed by atoms with van der Waals surface area (Å²) in [7, 11) is 0. The number of halogens is 3. The number of nitrogens with zero attached hydrogens (tertiary/aromatic N) is 1. The van der Waals surface area contributed by atoms with Crippen LogP contribution in [0.2, 0.25) is 0 Å². The normalized spacial score (nSPS) is 13.3. The quantitative estimate of drug-likeness (QED) is 0.272. The van der Waals surface area contributed by atoms with Gasteiger partial charge in [-0.15, -0.1) is 0 Å². The zero-order valence-corrected chi connectivity index (χ0v) is 18.1. The third-order valence-corrected chi connectivity index (χ3v) is 5.31. The molecule has 1 aromatic heterocycles. The molecule has 1 amide bonds. The van der Waals surface area contributed by atoms with Crippen molar-refractivity contribution in [3.63, 3.8) is 0 Å². The zero-order chi connectivity index (χ0) is 23.0. The van der Waals surface area contributed by atoms with Crippen molar-refractivity contribution in [2.24, 2.45) is 11.8 Å². The Labute approximate surface area is 181 Å². The van der Waals surface area contributed by atoms with Gasteiger partial charge in [-0.05, 0) is 68.0 Å². The van der Waals surface area contributed by atoms with E-state index in [0.29, 0.717) is 24.9 Å². The van der Waals surface area contributed by atoms with Crippen LogP contribution in [-0.4, -0.2) is 22.6 Å². The second kappa shape index (κ2) is 11.8. The molecule has 1 heterocycles. The van der Waals surface area contributed by atoms with Gasteiger partial charge in [-0.2, -0.15) is 0 Å². The summed E-state index contributed by atoms with van der Waals surface area (Å²) in [4.78, 5) is 16.2. The number of aromatic nitrogens is 1. The fourth-order valence-corrected chi connectivity index (χ4v) is 3.64. The molecule has 2 aromatic rings. The number of carbonyl (C=O) groups excluding carboxylic acids is 1. The molecule has 2 atom stereocenters. The lowest BCUT2D eigenvalue weighted by atomic mass is 9.92. The van der Waals surface area contributed by atoms with Crippen molar-refractivity contribution in [1.29, 1.82) is 0 Å². The third kappa shape index (κ3) is 7.33. The molecule has 0 unspecified atom stereocenters. The lowest BCUT2D eigenvalue weighted by Crippen LogP contribution is -2.30. The first kappa shape index (κ1) is 24.8. The van der Waals surface area contributed by atoms with Gasteiger partial charge in [-0.1, -0.05) is 26.3 Å². The van der Waals surface area contributed by atoms with Crippen LogP contribution in [0.5, 0.6) is 0 Å². The number of amides is 1. The summed E-state index contributed by atoms with van der Waals surface area (Å²) in [6.45, 7) is 6.23. The molecule has 0 aliphatic carbocycles. The van der Waals surface area contributed by atoms with Gasteiger partial charge < -0.3 is 5.32 Å². The third-order valence-electron chi connectivity index (χ3n) is 5.31. The monoisotopic (exact) mass is 437 g/mol. The van der Waals surface area contributed by atoms with Crippen LogP contribution in [0, 0.1) is 36.2 Å². The maximum atomic E-state index is 13.7. The first-order valence-corrected chi connectivity index (χ1v) is 10.5. The summed E-state index contributed by atoms with van der Waals surface area (Å²) in [6, 6.07) is 5.63. The minimum atomic E-state index is -0.948. The lowest BCUT2D eigenvalue weighted by molar-refractivity contribution is -0.133. The molecule has 2 rings (SSSR count). The number of hydrogen-bond acceptors (Lipinski definition) is 4. The van der Waals surface area contributed by atoms with E-state index in [4.69, 9.17) is 5.21 Å². The van der Waals surface area contributed by atoms with Gasteiger partial charge in [0.25, 0.3) is 0 Å². The Hall–Kier alpha value is -2.45. The van der Waals surface area contributed by atoms with Crippen LogP contribution in [0.3, 0.4) is 0 Å². The summed E-state index contributed by atoms with van der Waals surface area (Å²) in [5.74, 6) is -3.08. The van der Waals surface area contributed by atoms with Crippen molar-refractivity contribution in [3.05, 3.63) is 64.7 Å². The number of hydrogen-bond donors (Lipinski definition) is 3. The highest BCUT2D eigenvalue weighted by Crippen LogP contribution is 2.22. The maximum Gasteiger partial charge on any atom is 0.246 e. The first-order chi connectivity index (χ1) is 14.7.